The molecule has 0 unspecified atom stereocenters. The molecule has 7 nitrogen and oxygen atoms in total. The SMILES string of the molecule is COc1cc(C(=O)NNc2nc(-c3ccc(-c4ccccc4)cc3)cs2)cc(OC)c1OC. The standard InChI is InChI=1S/C25H23N3O4S/c1-30-21-13-19(14-22(31-2)23(21)32-3)24(29)27-28-25-26-20(15-33-25)18-11-9-17(10-12-18)16-7-5-4-6-8-16/h4-15H,1-3H3,(H,26,28)(H,27,29). The molecule has 2 N–H and O–H groups in total. The van der Waals surface area contributed by atoms with Crippen LogP contribution in [0.5, 0.6) is 17.2 Å². The second-order valence-electron chi connectivity index (χ2n) is 6.97. The maximum atomic E-state index is 12.7. The summed E-state index contributed by atoms with van der Waals surface area (Å²) in [7, 11) is 4.51. The van der Waals surface area contributed by atoms with Crippen LogP contribution in [-0.4, -0.2) is 32.2 Å². The van der Waals surface area contributed by atoms with Gasteiger partial charge in [0.15, 0.2) is 11.5 Å². The maximum absolute atomic E-state index is 12.7. The Morgan fingerprint density at radius 1 is 0.818 bits per heavy atom. The highest BCUT2D eigenvalue weighted by Crippen LogP contribution is 2.38. The molecule has 1 amide bonds. The third kappa shape index (κ3) is 4.91. The number of benzene rings is 3. The average molecular weight is 462 g/mol. The largest absolute Gasteiger partial charge is 0.493 e. The maximum Gasteiger partial charge on any atom is 0.269 e. The number of amides is 1. The van der Waals surface area contributed by atoms with Gasteiger partial charge in [0, 0.05) is 16.5 Å². The predicted molar refractivity (Wildman–Crippen MR) is 130 cm³/mol. The lowest BCUT2D eigenvalue weighted by molar-refractivity contribution is 0.0962. The zero-order valence-corrected chi connectivity index (χ0v) is 19.2. The van der Waals surface area contributed by atoms with Crippen molar-refractivity contribution in [2.75, 3.05) is 26.8 Å². The Labute approximate surface area is 195 Å². The number of anilines is 1. The summed E-state index contributed by atoms with van der Waals surface area (Å²) in [6.07, 6.45) is 0. The molecule has 0 saturated heterocycles. The van der Waals surface area contributed by atoms with Gasteiger partial charge in [-0.25, -0.2) is 4.98 Å². The van der Waals surface area contributed by atoms with Gasteiger partial charge < -0.3 is 14.2 Å². The number of hydrazine groups is 1. The summed E-state index contributed by atoms with van der Waals surface area (Å²) in [5.74, 6) is 0.862. The van der Waals surface area contributed by atoms with Gasteiger partial charge >= 0.3 is 0 Å². The monoisotopic (exact) mass is 461 g/mol. The van der Waals surface area contributed by atoms with Crippen molar-refractivity contribution in [1.29, 1.82) is 0 Å². The molecule has 0 aliphatic rings. The lowest BCUT2D eigenvalue weighted by Gasteiger charge is -2.14. The van der Waals surface area contributed by atoms with Gasteiger partial charge in [-0.1, -0.05) is 54.6 Å². The fraction of sp³-hybridized carbons (Fsp3) is 0.120. The van der Waals surface area contributed by atoms with E-state index in [0.29, 0.717) is 27.9 Å². The lowest BCUT2D eigenvalue weighted by Crippen LogP contribution is -2.29. The first kappa shape index (κ1) is 22.2. The minimum atomic E-state index is -0.363. The number of hydrogen-bond donors (Lipinski definition) is 2. The number of ether oxygens (including phenoxy) is 3. The molecule has 0 fully saturated rings. The van der Waals surface area contributed by atoms with E-state index >= 15 is 0 Å². The zero-order valence-electron chi connectivity index (χ0n) is 18.4. The topological polar surface area (TPSA) is 81.7 Å². The highest BCUT2D eigenvalue weighted by atomic mass is 32.1. The molecule has 0 spiro atoms. The molecule has 1 heterocycles. The van der Waals surface area contributed by atoms with Crippen LogP contribution in [0.3, 0.4) is 0 Å². The van der Waals surface area contributed by atoms with Crippen LogP contribution in [0.2, 0.25) is 0 Å². The van der Waals surface area contributed by atoms with Gasteiger partial charge in [0.2, 0.25) is 10.9 Å². The molecule has 3 aromatic carbocycles. The Bertz CT molecular complexity index is 1220. The van der Waals surface area contributed by atoms with Crippen LogP contribution in [0.25, 0.3) is 22.4 Å². The predicted octanol–water partition coefficient (Wildman–Crippen LogP) is 5.26. The van der Waals surface area contributed by atoms with Gasteiger partial charge in [-0.05, 0) is 23.3 Å². The molecular formula is C25H23N3O4S. The van der Waals surface area contributed by atoms with Crippen LogP contribution in [0, 0.1) is 0 Å². The fourth-order valence-corrected chi connectivity index (χ4v) is 4.00. The number of rotatable bonds is 8. The van der Waals surface area contributed by atoms with Crippen LogP contribution in [0.1, 0.15) is 10.4 Å². The van der Waals surface area contributed by atoms with E-state index in [1.807, 2.05) is 35.7 Å². The van der Waals surface area contributed by atoms with Crippen LogP contribution in [0.4, 0.5) is 5.13 Å². The molecule has 0 aliphatic heterocycles. The van der Waals surface area contributed by atoms with Gasteiger partial charge in [0.25, 0.3) is 5.91 Å². The van der Waals surface area contributed by atoms with Gasteiger partial charge in [0.1, 0.15) is 0 Å². The molecule has 4 aromatic rings. The molecule has 0 atom stereocenters. The summed E-state index contributed by atoms with van der Waals surface area (Å²) in [5, 5.41) is 2.50. The molecule has 0 aliphatic carbocycles. The van der Waals surface area contributed by atoms with E-state index in [1.165, 1.54) is 38.2 Å². The van der Waals surface area contributed by atoms with E-state index in [1.54, 1.807) is 12.1 Å². The molecule has 1 aromatic heterocycles. The fourth-order valence-electron chi connectivity index (χ4n) is 3.32. The number of aromatic nitrogens is 1. The highest BCUT2D eigenvalue weighted by Gasteiger charge is 2.17. The summed E-state index contributed by atoms with van der Waals surface area (Å²) in [5.41, 5.74) is 10.0. The normalized spacial score (nSPS) is 10.4. The average Bonchev–Trinajstić information content (AvgIpc) is 3.36. The molecule has 8 heteroatoms. The highest BCUT2D eigenvalue weighted by molar-refractivity contribution is 7.14. The van der Waals surface area contributed by atoms with Crippen LogP contribution >= 0.6 is 11.3 Å². The Balaban J connectivity index is 1.44. The third-order valence-corrected chi connectivity index (χ3v) is 5.76. The molecule has 168 valence electrons. The van der Waals surface area contributed by atoms with Crippen molar-refractivity contribution < 1.29 is 19.0 Å². The third-order valence-electron chi connectivity index (χ3n) is 5.00. The Morgan fingerprint density at radius 3 is 2.03 bits per heavy atom. The van der Waals surface area contributed by atoms with Gasteiger partial charge in [-0.2, -0.15) is 0 Å². The number of thiazole rings is 1. The van der Waals surface area contributed by atoms with Crippen LogP contribution in [0.15, 0.2) is 72.1 Å². The number of hydrogen-bond acceptors (Lipinski definition) is 7. The Hall–Kier alpha value is -4.04. The summed E-state index contributed by atoms with van der Waals surface area (Å²) < 4.78 is 15.9. The van der Waals surface area contributed by atoms with Crippen molar-refractivity contribution in [3.8, 4) is 39.6 Å². The number of carbonyl (C=O) groups is 1. The van der Waals surface area contributed by atoms with E-state index in [-0.39, 0.29) is 5.91 Å². The molecule has 0 saturated carbocycles. The summed E-state index contributed by atoms with van der Waals surface area (Å²) in [4.78, 5) is 17.2. The summed E-state index contributed by atoms with van der Waals surface area (Å²) in [6, 6.07) is 21.6. The Morgan fingerprint density at radius 2 is 1.42 bits per heavy atom. The van der Waals surface area contributed by atoms with E-state index in [2.05, 4.69) is 40.1 Å². The van der Waals surface area contributed by atoms with E-state index < -0.39 is 0 Å². The van der Waals surface area contributed by atoms with Crippen molar-refractivity contribution >= 4 is 22.4 Å². The van der Waals surface area contributed by atoms with Crippen molar-refractivity contribution in [1.82, 2.24) is 10.4 Å². The van der Waals surface area contributed by atoms with Crippen molar-refractivity contribution in [3.05, 3.63) is 77.7 Å². The van der Waals surface area contributed by atoms with Gasteiger partial charge in [0.05, 0.1) is 27.0 Å². The minimum absolute atomic E-state index is 0.352. The Kier molecular flexibility index (Phi) is 6.75. The summed E-state index contributed by atoms with van der Waals surface area (Å²) in [6.45, 7) is 0. The van der Waals surface area contributed by atoms with Gasteiger partial charge in [-0.3, -0.25) is 15.6 Å². The smallest absolute Gasteiger partial charge is 0.269 e. The first-order valence-electron chi connectivity index (χ1n) is 10.1. The quantitative estimate of drug-likeness (QED) is 0.348. The number of nitrogens with zero attached hydrogens (tertiary/aromatic N) is 1. The molecular weight excluding hydrogens is 438 g/mol. The zero-order chi connectivity index (χ0) is 23.2. The number of carbonyl (C=O) groups excluding carboxylic acids is 1. The first-order chi connectivity index (χ1) is 16.1. The molecule has 0 radical (unpaired) electrons. The summed E-state index contributed by atoms with van der Waals surface area (Å²) >= 11 is 1.40. The first-order valence-corrected chi connectivity index (χ1v) is 11.0. The molecule has 0 bridgehead atoms. The van der Waals surface area contributed by atoms with E-state index in [0.717, 1.165) is 16.8 Å². The lowest BCUT2D eigenvalue weighted by atomic mass is 10.0. The molecule has 33 heavy (non-hydrogen) atoms. The minimum Gasteiger partial charge on any atom is -0.493 e. The van der Waals surface area contributed by atoms with Crippen molar-refractivity contribution in [3.63, 3.8) is 0 Å². The molecule has 4 rings (SSSR count). The van der Waals surface area contributed by atoms with Crippen molar-refractivity contribution in [2.24, 2.45) is 0 Å². The van der Waals surface area contributed by atoms with Gasteiger partial charge in [-0.15, -0.1) is 11.3 Å². The van der Waals surface area contributed by atoms with E-state index in [4.69, 9.17) is 14.2 Å². The second-order valence-corrected chi connectivity index (χ2v) is 7.83. The van der Waals surface area contributed by atoms with Crippen molar-refractivity contribution in [2.45, 2.75) is 0 Å². The second kappa shape index (κ2) is 10.1. The van der Waals surface area contributed by atoms with Crippen LogP contribution in [-0.2, 0) is 0 Å². The number of nitrogens with one attached hydrogen (secondary N) is 2. The number of methoxy groups -OCH3 is 3. The van der Waals surface area contributed by atoms with Crippen LogP contribution < -0.4 is 25.1 Å². The van der Waals surface area contributed by atoms with E-state index in [9.17, 15) is 4.79 Å².